The average molecular weight is 528 g/mol. The number of methoxy groups -OCH3 is 2. The molecule has 0 saturated carbocycles. The largest absolute Gasteiger partial charge is 0.497 e. The molecule has 2 heterocycles. The highest BCUT2D eigenvalue weighted by molar-refractivity contribution is 6.04. The van der Waals surface area contributed by atoms with Crippen molar-refractivity contribution in [2.75, 3.05) is 14.2 Å². The molecule has 1 aliphatic rings. The standard InChI is InChI=1S/C34H29N3O3/c1-34(21-31(23-14-16-26(39-2)17-15-23)36-30-19-18-27(40-3)20-28(30)34)29-22-35-32(24-10-6-4-7-11-24)37(33(29)38)25-12-8-5-9-13-25/h4-20,22H,21H2,1-3H3. The maximum atomic E-state index is 14.6. The molecule has 0 bridgehead atoms. The first kappa shape index (κ1) is 25.3. The summed E-state index contributed by atoms with van der Waals surface area (Å²) in [5, 5.41) is 0. The fourth-order valence-corrected chi connectivity index (χ4v) is 5.43. The zero-order valence-electron chi connectivity index (χ0n) is 22.7. The number of para-hydroxylation sites is 1. The number of ether oxygens (including phenoxy) is 2. The SMILES string of the molecule is COc1ccc(C2=Nc3ccc(OC)cc3C(C)(c3cnc(-c4ccccc4)n(-c4ccccc4)c3=O)C2)cc1. The van der Waals surface area contributed by atoms with Crippen molar-refractivity contribution < 1.29 is 9.47 Å². The van der Waals surface area contributed by atoms with Crippen molar-refractivity contribution in [3.63, 3.8) is 0 Å². The minimum absolute atomic E-state index is 0.118. The minimum Gasteiger partial charge on any atom is -0.497 e. The van der Waals surface area contributed by atoms with Gasteiger partial charge in [0.2, 0.25) is 0 Å². The summed E-state index contributed by atoms with van der Waals surface area (Å²) in [4.78, 5) is 24.5. The van der Waals surface area contributed by atoms with Crippen LogP contribution in [0.5, 0.6) is 11.5 Å². The summed E-state index contributed by atoms with van der Waals surface area (Å²) < 4.78 is 12.7. The molecule has 0 aliphatic carbocycles. The van der Waals surface area contributed by atoms with Gasteiger partial charge in [-0.05, 0) is 65.7 Å². The summed E-state index contributed by atoms with van der Waals surface area (Å²) in [6.45, 7) is 2.10. The molecular formula is C34H29N3O3. The third-order valence-electron chi connectivity index (χ3n) is 7.60. The number of aliphatic imine (C=N–C) groups is 1. The number of aromatic nitrogens is 2. The van der Waals surface area contributed by atoms with E-state index in [1.807, 2.05) is 103 Å². The zero-order valence-corrected chi connectivity index (χ0v) is 22.7. The molecule has 198 valence electrons. The van der Waals surface area contributed by atoms with Gasteiger partial charge in [0, 0.05) is 34.9 Å². The van der Waals surface area contributed by atoms with Gasteiger partial charge < -0.3 is 9.47 Å². The van der Waals surface area contributed by atoms with E-state index in [0.717, 1.165) is 39.5 Å². The summed E-state index contributed by atoms with van der Waals surface area (Å²) in [5.74, 6) is 2.08. The van der Waals surface area contributed by atoms with Gasteiger partial charge in [-0.1, -0.05) is 55.5 Å². The molecular weight excluding hydrogens is 498 g/mol. The molecule has 6 rings (SSSR count). The van der Waals surface area contributed by atoms with Crippen LogP contribution in [0, 0.1) is 0 Å². The molecule has 6 nitrogen and oxygen atoms in total. The summed E-state index contributed by atoms with van der Waals surface area (Å²) in [6, 6.07) is 33.2. The fraction of sp³-hybridized carbons (Fsp3) is 0.147. The van der Waals surface area contributed by atoms with Crippen LogP contribution >= 0.6 is 0 Å². The number of benzene rings is 4. The molecule has 1 unspecified atom stereocenters. The average Bonchev–Trinajstić information content (AvgIpc) is 3.01. The Morgan fingerprint density at radius 1 is 0.750 bits per heavy atom. The van der Waals surface area contributed by atoms with Crippen LogP contribution in [0.25, 0.3) is 17.1 Å². The predicted octanol–water partition coefficient (Wildman–Crippen LogP) is 6.75. The van der Waals surface area contributed by atoms with Gasteiger partial charge in [0.25, 0.3) is 5.56 Å². The summed E-state index contributed by atoms with van der Waals surface area (Å²) in [5.41, 5.74) is 4.97. The number of fused-ring (bicyclic) bond motifs is 1. The Labute approximate surface area is 233 Å². The highest BCUT2D eigenvalue weighted by Gasteiger charge is 2.39. The molecule has 0 saturated heterocycles. The lowest BCUT2D eigenvalue weighted by Crippen LogP contribution is -2.38. The van der Waals surface area contributed by atoms with E-state index in [0.29, 0.717) is 23.6 Å². The Hall–Kier alpha value is -4.97. The summed E-state index contributed by atoms with van der Waals surface area (Å²) in [6.07, 6.45) is 2.25. The van der Waals surface area contributed by atoms with Crippen molar-refractivity contribution >= 4 is 11.4 Å². The van der Waals surface area contributed by atoms with E-state index in [1.165, 1.54) is 0 Å². The minimum atomic E-state index is -0.725. The lowest BCUT2D eigenvalue weighted by Gasteiger charge is -2.35. The fourth-order valence-electron chi connectivity index (χ4n) is 5.43. The first-order valence-corrected chi connectivity index (χ1v) is 13.2. The van der Waals surface area contributed by atoms with Crippen molar-refractivity contribution in [1.82, 2.24) is 9.55 Å². The number of hydrogen-bond donors (Lipinski definition) is 0. The van der Waals surface area contributed by atoms with Gasteiger partial charge in [-0.2, -0.15) is 0 Å². The van der Waals surface area contributed by atoms with E-state index in [-0.39, 0.29) is 5.56 Å². The van der Waals surface area contributed by atoms with Crippen LogP contribution in [0.1, 0.15) is 30.0 Å². The Kier molecular flexibility index (Phi) is 6.52. The van der Waals surface area contributed by atoms with E-state index in [2.05, 4.69) is 6.92 Å². The van der Waals surface area contributed by atoms with Crippen LogP contribution in [0.3, 0.4) is 0 Å². The third kappa shape index (κ3) is 4.37. The van der Waals surface area contributed by atoms with Crippen LogP contribution < -0.4 is 15.0 Å². The molecule has 1 aliphatic heterocycles. The summed E-state index contributed by atoms with van der Waals surface area (Å²) in [7, 11) is 3.30. The van der Waals surface area contributed by atoms with Crippen molar-refractivity contribution in [2.45, 2.75) is 18.8 Å². The van der Waals surface area contributed by atoms with E-state index in [4.69, 9.17) is 19.5 Å². The lowest BCUT2D eigenvalue weighted by atomic mass is 9.70. The quantitative estimate of drug-likeness (QED) is 0.245. The number of hydrogen-bond acceptors (Lipinski definition) is 5. The topological polar surface area (TPSA) is 65.7 Å². The first-order chi connectivity index (χ1) is 19.5. The first-order valence-electron chi connectivity index (χ1n) is 13.2. The monoisotopic (exact) mass is 527 g/mol. The second-order valence-electron chi connectivity index (χ2n) is 10.0. The second kappa shape index (κ2) is 10.3. The van der Waals surface area contributed by atoms with Crippen LogP contribution in [0.15, 0.2) is 119 Å². The van der Waals surface area contributed by atoms with E-state index >= 15 is 0 Å². The molecule has 0 amide bonds. The van der Waals surface area contributed by atoms with Gasteiger partial charge >= 0.3 is 0 Å². The van der Waals surface area contributed by atoms with E-state index < -0.39 is 5.41 Å². The van der Waals surface area contributed by atoms with E-state index in [1.54, 1.807) is 25.0 Å². The molecule has 0 spiro atoms. The smallest absolute Gasteiger partial charge is 0.262 e. The second-order valence-corrected chi connectivity index (χ2v) is 10.0. The molecule has 1 aromatic heterocycles. The molecule has 0 radical (unpaired) electrons. The van der Waals surface area contributed by atoms with Crippen LogP contribution in [-0.4, -0.2) is 29.5 Å². The predicted molar refractivity (Wildman–Crippen MR) is 159 cm³/mol. The molecule has 4 aromatic carbocycles. The maximum Gasteiger partial charge on any atom is 0.262 e. The molecule has 40 heavy (non-hydrogen) atoms. The van der Waals surface area contributed by atoms with Gasteiger partial charge in [0.15, 0.2) is 0 Å². The van der Waals surface area contributed by atoms with Crippen molar-refractivity contribution in [3.05, 3.63) is 136 Å². The molecule has 0 fully saturated rings. The van der Waals surface area contributed by atoms with Gasteiger partial charge in [0.05, 0.1) is 25.6 Å². The number of nitrogens with zero attached hydrogens (tertiary/aromatic N) is 3. The highest BCUT2D eigenvalue weighted by atomic mass is 16.5. The molecule has 1 atom stereocenters. The molecule has 0 N–H and O–H groups in total. The number of rotatable bonds is 6. The normalized spacial score (nSPS) is 16.1. The Morgan fingerprint density at radius 3 is 2.08 bits per heavy atom. The van der Waals surface area contributed by atoms with Crippen LogP contribution in [0.4, 0.5) is 5.69 Å². The summed E-state index contributed by atoms with van der Waals surface area (Å²) >= 11 is 0. The van der Waals surface area contributed by atoms with Crippen molar-refractivity contribution in [1.29, 1.82) is 0 Å². The zero-order chi connectivity index (χ0) is 27.7. The Balaban J connectivity index is 1.59. The molecule has 6 heteroatoms. The van der Waals surface area contributed by atoms with Gasteiger partial charge in [-0.3, -0.25) is 14.4 Å². The highest BCUT2D eigenvalue weighted by Crippen LogP contribution is 2.45. The van der Waals surface area contributed by atoms with Gasteiger partial charge in [-0.25, -0.2) is 4.98 Å². The van der Waals surface area contributed by atoms with Crippen LogP contribution in [0.2, 0.25) is 0 Å². The third-order valence-corrected chi connectivity index (χ3v) is 7.60. The van der Waals surface area contributed by atoms with Crippen LogP contribution in [-0.2, 0) is 5.41 Å². The molecule has 5 aromatic rings. The Bertz CT molecular complexity index is 1760. The van der Waals surface area contributed by atoms with E-state index in [9.17, 15) is 4.79 Å². The Morgan fingerprint density at radius 2 is 1.40 bits per heavy atom. The van der Waals surface area contributed by atoms with Crippen molar-refractivity contribution in [3.8, 4) is 28.6 Å². The lowest BCUT2D eigenvalue weighted by molar-refractivity contribution is 0.412. The van der Waals surface area contributed by atoms with Gasteiger partial charge in [0.1, 0.15) is 17.3 Å². The van der Waals surface area contributed by atoms with Crippen molar-refractivity contribution in [2.24, 2.45) is 4.99 Å². The van der Waals surface area contributed by atoms with Gasteiger partial charge in [-0.15, -0.1) is 0 Å². The maximum absolute atomic E-state index is 14.6.